The minimum atomic E-state index is 0.867. The molecule has 1 N–H and O–H groups in total. The molecule has 2 rings (SSSR count). The molecule has 0 saturated carbocycles. The van der Waals surface area contributed by atoms with Crippen molar-refractivity contribution in [3.8, 4) is 10.8 Å². The molecule has 0 unspecified atom stereocenters. The van der Waals surface area contributed by atoms with Gasteiger partial charge in [-0.3, -0.25) is 0 Å². The third-order valence-corrected chi connectivity index (χ3v) is 3.67. The van der Waals surface area contributed by atoms with Gasteiger partial charge in [-0.15, -0.1) is 11.3 Å². The molecule has 0 fully saturated rings. The first kappa shape index (κ1) is 12.3. The zero-order valence-electron chi connectivity index (χ0n) is 10.3. The van der Waals surface area contributed by atoms with Crippen molar-refractivity contribution < 1.29 is 4.42 Å². The second-order valence-electron chi connectivity index (χ2n) is 3.90. The molecule has 4 heteroatoms. The molecule has 0 aliphatic rings. The van der Waals surface area contributed by atoms with Crippen molar-refractivity contribution in [1.29, 1.82) is 0 Å². The SMILES string of the molecule is CCCNCc1sc(-c2ccco2)nc1CC. The summed E-state index contributed by atoms with van der Waals surface area (Å²) in [6, 6.07) is 3.86. The fourth-order valence-electron chi connectivity index (χ4n) is 1.68. The molecule has 0 aliphatic heterocycles. The average molecular weight is 250 g/mol. The monoisotopic (exact) mass is 250 g/mol. The smallest absolute Gasteiger partial charge is 0.162 e. The minimum Gasteiger partial charge on any atom is -0.462 e. The van der Waals surface area contributed by atoms with E-state index in [1.165, 1.54) is 10.6 Å². The molecule has 0 atom stereocenters. The second-order valence-corrected chi connectivity index (χ2v) is 4.98. The Balaban J connectivity index is 2.15. The van der Waals surface area contributed by atoms with Crippen LogP contribution in [0.25, 0.3) is 10.8 Å². The lowest BCUT2D eigenvalue weighted by Crippen LogP contribution is -2.13. The molecular weight excluding hydrogens is 232 g/mol. The molecule has 0 amide bonds. The summed E-state index contributed by atoms with van der Waals surface area (Å²) in [7, 11) is 0. The zero-order chi connectivity index (χ0) is 12.1. The molecule has 0 saturated heterocycles. The average Bonchev–Trinajstić information content (AvgIpc) is 2.97. The van der Waals surface area contributed by atoms with Crippen molar-refractivity contribution in [2.45, 2.75) is 33.2 Å². The first-order chi connectivity index (χ1) is 8.35. The molecule has 0 aliphatic carbocycles. The van der Waals surface area contributed by atoms with Crippen LogP contribution in [0.15, 0.2) is 22.8 Å². The number of rotatable bonds is 6. The van der Waals surface area contributed by atoms with Gasteiger partial charge in [0.25, 0.3) is 0 Å². The summed E-state index contributed by atoms with van der Waals surface area (Å²) < 4.78 is 5.39. The Morgan fingerprint density at radius 2 is 2.29 bits per heavy atom. The van der Waals surface area contributed by atoms with Crippen LogP contribution >= 0.6 is 11.3 Å². The van der Waals surface area contributed by atoms with E-state index in [2.05, 4.69) is 24.1 Å². The minimum absolute atomic E-state index is 0.867. The Hall–Kier alpha value is -1.13. The van der Waals surface area contributed by atoms with Crippen LogP contribution in [0, 0.1) is 0 Å². The van der Waals surface area contributed by atoms with Crippen molar-refractivity contribution in [3.05, 3.63) is 29.0 Å². The zero-order valence-corrected chi connectivity index (χ0v) is 11.1. The van der Waals surface area contributed by atoms with Gasteiger partial charge in [0.05, 0.1) is 12.0 Å². The second kappa shape index (κ2) is 5.98. The summed E-state index contributed by atoms with van der Waals surface area (Å²) in [5.41, 5.74) is 1.19. The van der Waals surface area contributed by atoms with Crippen LogP contribution in [-0.4, -0.2) is 11.5 Å². The van der Waals surface area contributed by atoms with E-state index in [0.29, 0.717) is 0 Å². The van der Waals surface area contributed by atoms with Gasteiger partial charge in [-0.1, -0.05) is 13.8 Å². The first-order valence-electron chi connectivity index (χ1n) is 6.08. The highest BCUT2D eigenvalue weighted by Gasteiger charge is 2.12. The first-order valence-corrected chi connectivity index (χ1v) is 6.90. The van der Waals surface area contributed by atoms with Gasteiger partial charge in [0.1, 0.15) is 0 Å². The van der Waals surface area contributed by atoms with E-state index in [1.54, 1.807) is 17.6 Å². The largest absolute Gasteiger partial charge is 0.462 e. The maximum Gasteiger partial charge on any atom is 0.162 e. The van der Waals surface area contributed by atoms with E-state index in [0.717, 1.165) is 36.7 Å². The molecule has 2 aromatic heterocycles. The lowest BCUT2D eigenvalue weighted by Gasteiger charge is -2.01. The highest BCUT2D eigenvalue weighted by molar-refractivity contribution is 7.15. The Labute approximate surface area is 106 Å². The maximum atomic E-state index is 5.39. The molecule has 0 spiro atoms. The standard InChI is InChI=1S/C13H18N2OS/c1-3-7-14-9-12-10(4-2)15-13(17-12)11-6-5-8-16-11/h5-6,8,14H,3-4,7,9H2,1-2H3. The fraction of sp³-hybridized carbons (Fsp3) is 0.462. The number of nitrogens with zero attached hydrogens (tertiary/aromatic N) is 1. The molecular formula is C13H18N2OS. The molecule has 0 aromatic carbocycles. The Kier molecular flexibility index (Phi) is 4.34. The Morgan fingerprint density at radius 3 is 2.94 bits per heavy atom. The lowest BCUT2D eigenvalue weighted by atomic mass is 10.3. The number of aromatic nitrogens is 1. The predicted octanol–water partition coefficient (Wildman–Crippen LogP) is 3.47. The summed E-state index contributed by atoms with van der Waals surface area (Å²) in [5, 5.41) is 4.41. The summed E-state index contributed by atoms with van der Waals surface area (Å²) in [6.07, 6.45) is 3.82. The van der Waals surface area contributed by atoms with E-state index in [1.807, 2.05) is 12.1 Å². The summed E-state index contributed by atoms with van der Waals surface area (Å²) in [6.45, 7) is 6.28. The molecule has 0 bridgehead atoms. The van der Waals surface area contributed by atoms with Crippen LogP contribution in [0.2, 0.25) is 0 Å². The van der Waals surface area contributed by atoms with Gasteiger partial charge in [-0.25, -0.2) is 4.98 Å². The van der Waals surface area contributed by atoms with Gasteiger partial charge in [0.2, 0.25) is 0 Å². The van der Waals surface area contributed by atoms with Crippen LogP contribution in [0.5, 0.6) is 0 Å². The van der Waals surface area contributed by atoms with Gasteiger partial charge < -0.3 is 9.73 Å². The van der Waals surface area contributed by atoms with Gasteiger partial charge in [0.15, 0.2) is 10.8 Å². The van der Waals surface area contributed by atoms with E-state index in [9.17, 15) is 0 Å². The molecule has 92 valence electrons. The molecule has 17 heavy (non-hydrogen) atoms. The summed E-state index contributed by atoms with van der Waals surface area (Å²) in [5.74, 6) is 0.867. The van der Waals surface area contributed by atoms with E-state index in [4.69, 9.17) is 4.42 Å². The number of furan rings is 1. The van der Waals surface area contributed by atoms with Crippen molar-refractivity contribution in [3.63, 3.8) is 0 Å². The van der Waals surface area contributed by atoms with Crippen molar-refractivity contribution in [2.75, 3.05) is 6.54 Å². The fourth-order valence-corrected chi connectivity index (χ4v) is 2.77. The number of nitrogens with one attached hydrogen (secondary N) is 1. The molecule has 2 aromatic rings. The van der Waals surface area contributed by atoms with Crippen LogP contribution in [0.3, 0.4) is 0 Å². The summed E-state index contributed by atoms with van der Waals surface area (Å²) >= 11 is 1.72. The maximum absolute atomic E-state index is 5.39. The van der Waals surface area contributed by atoms with Gasteiger partial charge in [-0.05, 0) is 31.5 Å². The van der Waals surface area contributed by atoms with E-state index < -0.39 is 0 Å². The summed E-state index contributed by atoms with van der Waals surface area (Å²) in [4.78, 5) is 5.96. The van der Waals surface area contributed by atoms with Crippen molar-refractivity contribution in [2.24, 2.45) is 0 Å². The number of thiazole rings is 1. The van der Waals surface area contributed by atoms with Crippen LogP contribution in [0.1, 0.15) is 30.8 Å². The number of hydrogen-bond donors (Lipinski definition) is 1. The third kappa shape index (κ3) is 2.96. The van der Waals surface area contributed by atoms with Gasteiger partial charge in [0, 0.05) is 11.4 Å². The lowest BCUT2D eigenvalue weighted by molar-refractivity contribution is 0.581. The van der Waals surface area contributed by atoms with Crippen LogP contribution < -0.4 is 5.32 Å². The Morgan fingerprint density at radius 1 is 1.41 bits per heavy atom. The van der Waals surface area contributed by atoms with E-state index >= 15 is 0 Å². The van der Waals surface area contributed by atoms with E-state index in [-0.39, 0.29) is 0 Å². The third-order valence-electron chi connectivity index (χ3n) is 2.56. The number of aryl methyl sites for hydroxylation is 1. The van der Waals surface area contributed by atoms with Crippen LogP contribution in [0.4, 0.5) is 0 Å². The van der Waals surface area contributed by atoms with Crippen LogP contribution in [-0.2, 0) is 13.0 Å². The number of hydrogen-bond acceptors (Lipinski definition) is 4. The normalized spacial score (nSPS) is 10.9. The van der Waals surface area contributed by atoms with Gasteiger partial charge >= 0.3 is 0 Å². The molecule has 0 radical (unpaired) electrons. The van der Waals surface area contributed by atoms with Crippen molar-refractivity contribution >= 4 is 11.3 Å². The highest BCUT2D eigenvalue weighted by atomic mass is 32.1. The topological polar surface area (TPSA) is 38.1 Å². The Bertz CT molecular complexity index is 448. The molecule has 2 heterocycles. The predicted molar refractivity (Wildman–Crippen MR) is 71.2 cm³/mol. The highest BCUT2D eigenvalue weighted by Crippen LogP contribution is 2.28. The molecule has 3 nitrogen and oxygen atoms in total. The van der Waals surface area contributed by atoms with Gasteiger partial charge in [-0.2, -0.15) is 0 Å². The quantitative estimate of drug-likeness (QED) is 0.798. The van der Waals surface area contributed by atoms with Crippen molar-refractivity contribution in [1.82, 2.24) is 10.3 Å².